The second-order valence-corrected chi connectivity index (χ2v) is 13.7. The van der Waals surface area contributed by atoms with Crippen molar-refractivity contribution in [1.82, 2.24) is 24.3 Å². The van der Waals surface area contributed by atoms with E-state index in [1.54, 1.807) is 6.20 Å². The Morgan fingerprint density at radius 1 is 0.977 bits per heavy atom. The summed E-state index contributed by atoms with van der Waals surface area (Å²) in [5, 5.41) is 3.16. The summed E-state index contributed by atoms with van der Waals surface area (Å²) in [6.07, 6.45) is 9.53. The summed E-state index contributed by atoms with van der Waals surface area (Å²) in [4.78, 5) is 39.2. The van der Waals surface area contributed by atoms with Gasteiger partial charge in [-0.25, -0.2) is 9.97 Å². The Bertz CT molecular complexity index is 1610. The number of hydrogen-bond donors (Lipinski definition) is 1. The van der Waals surface area contributed by atoms with E-state index in [1.165, 1.54) is 55.0 Å². The van der Waals surface area contributed by atoms with Crippen molar-refractivity contribution in [2.24, 2.45) is 0 Å². The van der Waals surface area contributed by atoms with Crippen molar-refractivity contribution in [3.8, 4) is 0 Å². The van der Waals surface area contributed by atoms with Crippen molar-refractivity contribution in [1.29, 1.82) is 0 Å². The van der Waals surface area contributed by atoms with Crippen LogP contribution in [0.5, 0.6) is 0 Å². The molecule has 3 aliphatic rings. The molecule has 1 N–H and O–H groups in total. The van der Waals surface area contributed by atoms with Crippen molar-refractivity contribution in [2.75, 3.05) is 25.0 Å². The number of benzene rings is 2. The van der Waals surface area contributed by atoms with Crippen LogP contribution in [0.4, 0.5) is 5.13 Å². The van der Waals surface area contributed by atoms with Gasteiger partial charge in [0.1, 0.15) is 10.7 Å². The molecule has 5 heterocycles. The number of imidazole rings is 1. The first-order valence-electron chi connectivity index (χ1n) is 15.7. The summed E-state index contributed by atoms with van der Waals surface area (Å²) >= 11 is 1.25. The molecule has 3 saturated heterocycles. The molecule has 2 amide bonds. The number of amides is 2. The standard InChI is InChI=1S/C34H40N6O2S/c1-23-36-29-10-6-7-11-30(29)40(23)28-20-26-12-13-27(21-28)39(26)19-16-34(25-8-4-3-5-9-25)14-17-38(18-15-34)32(42)31-22-35-33(43-31)37-24(2)41/h3-11,22,26-28H,12-21H2,1-2H3,(H,35,37,41). The van der Waals surface area contributed by atoms with Gasteiger partial charge in [-0.2, -0.15) is 0 Å². The van der Waals surface area contributed by atoms with E-state index in [1.807, 2.05) is 4.90 Å². The zero-order chi connectivity index (χ0) is 29.6. The number of nitrogens with zero attached hydrogens (tertiary/aromatic N) is 5. The molecule has 3 aliphatic heterocycles. The zero-order valence-electron chi connectivity index (χ0n) is 25.0. The summed E-state index contributed by atoms with van der Waals surface area (Å²) in [7, 11) is 0. The SMILES string of the molecule is CC(=O)Nc1ncc(C(=O)N2CCC(CCN3C4CCC3CC(n3c(C)nc5ccccc53)C4)(c3ccccc3)CC2)s1. The van der Waals surface area contributed by atoms with E-state index >= 15 is 0 Å². The van der Waals surface area contributed by atoms with Crippen LogP contribution in [0.25, 0.3) is 11.0 Å². The normalized spacial score (nSPS) is 23.5. The molecule has 0 radical (unpaired) electrons. The molecule has 3 fully saturated rings. The molecule has 2 bridgehead atoms. The average molecular weight is 597 g/mol. The minimum Gasteiger partial charge on any atom is -0.338 e. The zero-order valence-corrected chi connectivity index (χ0v) is 25.9. The molecule has 2 unspecified atom stereocenters. The van der Waals surface area contributed by atoms with E-state index in [9.17, 15) is 9.59 Å². The maximum absolute atomic E-state index is 13.3. The predicted octanol–water partition coefficient (Wildman–Crippen LogP) is 6.19. The Hall–Kier alpha value is -3.56. The number of rotatable bonds is 7. The lowest BCUT2D eigenvalue weighted by molar-refractivity contribution is -0.114. The largest absolute Gasteiger partial charge is 0.338 e. The fraction of sp³-hybridized carbons (Fsp3) is 0.471. The second-order valence-electron chi connectivity index (χ2n) is 12.7. The van der Waals surface area contributed by atoms with E-state index < -0.39 is 0 Å². The van der Waals surface area contributed by atoms with Crippen LogP contribution >= 0.6 is 11.3 Å². The van der Waals surface area contributed by atoms with Gasteiger partial charge in [0.25, 0.3) is 5.91 Å². The van der Waals surface area contributed by atoms with Gasteiger partial charge in [0.15, 0.2) is 5.13 Å². The molecule has 0 aliphatic carbocycles. The van der Waals surface area contributed by atoms with E-state index in [4.69, 9.17) is 4.98 Å². The number of hydrogen-bond acceptors (Lipinski definition) is 6. The van der Waals surface area contributed by atoms with Gasteiger partial charge in [-0.3, -0.25) is 14.5 Å². The molecule has 2 atom stereocenters. The Morgan fingerprint density at radius 2 is 1.67 bits per heavy atom. The van der Waals surface area contributed by atoms with Crippen molar-refractivity contribution >= 4 is 39.3 Å². The number of carbonyl (C=O) groups is 2. The van der Waals surface area contributed by atoms with E-state index in [-0.39, 0.29) is 17.2 Å². The Labute approximate surface area is 257 Å². The number of fused-ring (bicyclic) bond motifs is 3. The highest BCUT2D eigenvalue weighted by molar-refractivity contribution is 7.17. The summed E-state index contributed by atoms with van der Waals surface area (Å²) in [6, 6.07) is 21.3. The minimum atomic E-state index is -0.179. The minimum absolute atomic E-state index is 0.0122. The average Bonchev–Trinajstić information content (AvgIpc) is 3.68. The number of nitrogens with one attached hydrogen (secondary N) is 1. The quantitative estimate of drug-likeness (QED) is 0.275. The highest BCUT2D eigenvalue weighted by atomic mass is 32.1. The maximum atomic E-state index is 13.3. The predicted molar refractivity (Wildman–Crippen MR) is 171 cm³/mol. The first-order chi connectivity index (χ1) is 20.9. The summed E-state index contributed by atoms with van der Waals surface area (Å²) in [5.74, 6) is 0.966. The van der Waals surface area contributed by atoms with Gasteiger partial charge < -0.3 is 14.8 Å². The molecular weight excluding hydrogens is 556 g/mol. The van der Waals surface area contributed by atoms with Gasteiger partial charge in [0, 0.05) is 38.1 Å². The molecule has 43 heavy (non-hydrogen) atoms. The summed E-state index contributed by atoms with van der Waals surface area (Å²) in [5.41, 5.74) is 3.83. The molecule has 8 nitrogen and oxygen atoms in total. The van der Waals surface area contributed by atoms with Crippen LogP contribution in [0, 0.1) is 6.92 Å². The van der Waals surface area contributed by atoms with Gasteiger partial charge in [0.05, 0.1) is 17.2 Å². The second kappa shape index (κ2) is 11.5. The Kier molecular flexibility index (Phi) is 7.55. The third kappa shape index (κ3) is 5.38. The van der Waals surface area contributed by atoms with Crippen LogP contribution in [0.3, 0.4) is 0 Å². The number of aromatic nitrogens is 3. The topological polar surface area (TPSA) is 83.4 Å². The lowest BCUT2D eigenvalue weighted by Crippen LogP contribution is -2.49. The number of para-hydroxylation sites is 2. The third-order valence-electron chi connectivity index (χ3n) is 10.2. The molecule has 224 valence electrons. The van der Waals surface area contributed by atoms with E-state index in [0.717, 1.165) is 50.2 Å². The Morgan fingerprint density at radius 3 is 2.40 bits per heavy atom. The highest BCUT2D eigenvalue weighted by Gasteiger charge is 2.44. The third-order valence-corrected chi connectivity index (χ3v) is 11.1. The van der Waals surface area contributed by atoms with E-state index in [2.05, 4.69) is 81.3 Å². The molecule has 4 aromatic rings. The lowest BCUT2D eigenvalue weighted by atomic mass is 9.70. The smallest absolute Gasteiger partial charge is 0.265 e. The van der Waals surface area contributed by atoms with Crippen molar-refractivity contribution < 1.29 is 9.59 Å². The van der Waals surface area contributed by atoms with Gasteiger partial charge in [-0.1, -0.05) is 53.8 Å². The molecular formula is C34H40N6O2S. The number of thiazole rings is 1. The summed E-state index contributed by atoms with van der Waals surface area (Å²) < 4.78 is 2.51. The first kappa shape index (κ1) is 28.2. The van der Waals surface area contributed by atoms with Crippen molar-refractivity contribution in [2.45, 2.75) is 82.3 Å². The molecule has 0 saturated carbocycles. The van der Waals surface area contributed by atoms with Crippen LogP contribution in [0.1, 0.15) is 79.0 Å². The van der Waals surface area contributed by atoms with Crippen LogP contribution in [0.2, 0.25) is 0 Å². The number of piperidine rings is 2. The molecule has 0 spiro atoms. The van der Waals surface area contributed by atoms with Gasteiger partial charge >= 0.3 is 0 Å². The van der Waals surface area contributed by atoms with E-state index in [0.29, 0.717) is 28.1 Å². The monoisotopic (exact) mass is 596 g/mol. The lowest BCUT2D eigenvalue weighted by Gasteiger charge is -2.45. The molecule has 9 heteroatoms. The van der Waals surface area contributed by atoms with Crippen LogP contribution in [0.15, 0.2) is 60.8 Å². The van der Waals surface area contributed by atoms with Crippen molar-refractivity contribution in [3.05, 3.63) is 77.1 Å². The number of likely N-dealkylation sites (tertiary alicyclic amines) is 1. The first-order valence-corrected chi connectivity index (χ1v) is 16.5. The number of anilines is 1. The maximum Gasteiger partial charge on any atom is 0.265 e. The van der Waals surface area contributed by atoms with Crippen LogP contribution < -0.4 is 5.32 Å². The number of carbonyl (C=O) groups excluding carboxylic acids is 2. The summed E-state index contributed by atoms with van der Waals surface area (Å²) in [6.45, 7) is 6.16. The fourth-order valence-electron chi connectivity index (χ4n) is 8.14. The van der Waals surface area contributed by atoms with Crippen LogP contribution in [-0.2, 0) is 10.2 Å². The van der Waals surface area contributed by atoms with Gasteiger partial charge in [-0.05, 0) is 81.5 Å². The van der Waals surface area contributed by atoms with Crippen molar-refractivity contribution in [3.63, 3.8) is 0 Å². The highest BCUT2D eigenvalue weighted by Crippen LogP contribution is 2.45. The Balaban J connectivity index is 1.04. The molecule has 2 aromatic heterocycles. The fourth-order valence-corrected chi connectivity index (χ4v) is 8.97. The van der Waals surface area contributed by atoms with Crippen LogP contribution in [-0.4, -0.2) is 67.9 Å². The van der Waals surface area contributed by atoms with Gasteiger partial charge in [-0.15, -0.1) is 0 Å². The molecule has 7 rings (SSSR count). The van der Waals surface area contributed by atoms with Gasteiger partial charge in [0.2, 0.25) is 5.91 Å². The number of aryl methyl sites for hydroxylation is 1. The molecule has 2 aromatic carbocycles.